The van der Waals surface area contributed by atoms with Crippen LogP contribution in [-0.2, 0) is 6.54 Å². The number of hydrogen-bond donors (Lipinski definition) is 1. The Hall–Kier alpha value is -2.26. The zero-order valence-electron chi connectivity index (χ0n) is 11.6. The number of carbonyl (C=O) groups is 1. The maximum absolute atomic E-state index is 12.5. The molecule has 3 nitrogen and oxygen atoms in total. The molecule has 0 unspecified atom stereocenters. The van der Waals surface area contributed by atoms with Crippen LogP contribution in [0.15, 0.2) is 54.7 Å². The lowest BCUT2D eigenvalue weighted by Gasteiger charge is -2.18. The largest absolute Gasteiger partial charge is 0.361 e. The molecule has 1 aromatic heterocycles. The summed E-state index contributed by atoms with van der Waals surface area (Å²) in [6, 6.07) is 15.2. The Morgan fingerprint density at radius 1 is 1.19 bits per heavy atom. The number of nitrogens with one attached hydrogen (secondary N) is 1. The molecule has 0 aliphatic heterocycles. The molecule has 0 aliphatic carbocycles. The van der Waals surface area contributed by atoms with E-state index in [-0.39, 0.29) is 5.91 Å². The van der Waals surface area contributed by atoms with Crippen LogP contribution in [0.4, 0.5) is 0 Å². The first-order valence-corrected chi connectivity index (χ1v) is 7.09. The number of fused-ring (bicyclic) bond motifs is 1. The van der Waals surface area contributed by atoms with Gasteiger partial charge < -0.3 is 9.88 Å². The zero-order chi connectivity index (χ0) is 14.8. The molecule has 3 aromatic rings. The molecule has 21 heavy (non-hydrogen) atoms. The molecule has 4 heteroatoms. The van der Waals surface area contributed by atoms with Gasteiger partial charge in [-0.05, 0) is 35.9 Å². The van der Waals surface area contributed by atoms with Crippen molar-refractivity contribution < 1.29 is 4.79 Å². The van der Waals surface area contributed by atoms with Gasteiger partial charge in [0.1, 0.15) is 0 Å². The second-order valence-corrected chi connectivity index (χ2v) is 5.44. The van der Waals surface area contributed by atoms with Gasteiger partial charge in [0.15, 0.2) is 0 Å². The molecule has 1 amide bonds. The van der Waals surface area contributed by atoms with Gasteiger partial charge in [0.05, 0.1) is 0 Å². The quantitative estimate of drug-likeness (QED) is 0.776. The second-order valence-electron chi connectivity index (χ2n) is 5.03. The predicted molar refractivity (Wildman–Crippen MR) is 85.5 cm³/mol. The average molecular weight is 299 g/mol. The van der Waals surface area contributed by atoms with Crippen LogP contribution in [0, 0.1) is 0 Å². The smallest absolute Gasteiger partial charge is 0.253 e. The minimum atomic E-state index is -0.0157. The normalized spacial score (nSPS) is 10.8. The molecule has 0 saturated carbocycles. The maximum Gasteiger partial charge on any atom is 0.253 e. The highest BCUT2D eigenvalue weighted by Gasteiger charge is 2.13. The van der Waals surface area contributed by atoms with Gasteiger partial charge in [-0.2, -0.15) is 0 Å². The van der Waals surface area contributed by atoms with Crippen molar-refractivity contribution in [2.75, 3.05) is 7.05 Å². The van der Waals surface area contributed by atoms with Crippen molar-refractivity contribution in [2.45, 2.75) is 6.54 Å². The van der Waals surface area contributed by atoms with Gasteiger partial charge in [-0.3, -0.25) is 4.79 Å². The SMILES string of the molecule is CN(Cc1ccccc1Cl)C(=O)c1ccc2[nH]ccc2c1. The number of carbonyl (C=O) groups excluding carboxylic acids is 1. The van der Waals surface area contributed by atoms with Gasteiger partial charge >= 0.3 is 0 Å². The van der Waals surface area contributed by atoms with E-state index in [4.69, 9.17) is 11.6 Å². The summed E-state index contributed by atoms with van der Waals surface area (Å²) in [6.07, 6.45) is 1.87. The Labute approximate surface area is 128 Å². The molecule has 3 rings (SSSR count). The highest BCUT2D eigenvalue weighted by molar-refractivity contribution is 6.31. The molecule has 0 saturated heterocycles. The second kappa shape index (κ2) is 5.62. The van der Waals surface area contributed by atoms with Crippen LogP contribution in [0.25, 0.3) is 10.9 Å². The van der Waals surface area contributed by atoms with Crippen molar-refractivity contribution in [2.24, 2.45) is 0 Å². The summed E-state index contributed by atoms with van der Waals surface area (Å²) in [4.78, 5) is 17.3. The fraction of sp³-hybridized carbons (Fsp3) is 0.118. The Morgan fingerprint density at radius 2 is 2.00 bits per heavy atom. The number of H-pyrrole nitrogens is 1. The number of benzene rings is 2. The molecular weight excluding hydrogens is 284 g/mol. The molecule has 0 atom stereocenters. The Morgan fingerprint density at radius 3 is 2.81 bits per heavy atom. The first-order chi connectivity index (χ1) is 10.1. The van der Waals surface area contributed by atoms with Crippen molar-refractivity contribution in [1.29, 1.82) is 0 Å². The van der Waals surface area contributed by atoms with Crippen molar-refractivity contribution in [3.05, 3.63) is 70.9 Å². The lowest BCUT2D eigenvalue weighted by Crippen LogP contribution is -2.26. The summed E-state index contributed by atoms with van der Waals surface area (Å²) in [7, 11) is 1.78. The van der Waals surface area contributed by atoms with Crippen molar-refractivity contribution >= 4 is 28.4 Å². The Balaban J connectivity index is 1.82. The topological polar surface area (TPSA) is 36.1 Å². The highest BCUT2D eigenvalue weighted by Crippen LogP contribution is 2.19. The number of rotatable bonds is 3. The average Bonchev–Trinajstić information content (AvgIpc) is 2.96. The molecule has 0 radical (unpaired) electrons. The fourth-order valence-electron chi connectivity index (χ4n) is 2.36. The van der Waals surface area contributed by atoms with E-state index in [2.05, 4.69) is 4.98 Å². The van der Waals surface area contributed by atoms with Crippen LogP contribution in [-0.4, -0.2) is 22.8 Å². The number of amides is 1. The lowest BCUT2D eigenvalue weighted by molar-refractivity contribution is 0.0785. The van der Waals surface area contributed by atoms with Crippen molar-refractivity contribution in [3.63, 3.8) is 0 Å². The molecule has 0 bridgehead atoms. The predicted octanol–water partition coefficient (Wildman–Crippen LogP) is 4.09. The first kappa shape index (κ1) is 13.7. The molecule has 0 fully saturated rings. The minimum absolute atomic E-state index is 0.0157. The first-order valence-electron chi connectivity index (χ1n) is 6.71. The van der Waals surface area contributed by atoms with Gasteiger partial charge in [-0.1, -0.05) is 29.8 Å². The van der Waals surface area contributed by atoms with E-state index < -0.39 is 0 Å². The van der Waals surface area contributed by atoms with E-state index in [1.54, 1.807) is 11.9 Å². The van der Waals surface area contributed by atoms with Crippen LogP contribution >= 0.6 is 11.6 Å². The van der Waals surface area contributed by atoms with E-state index in [1.807, 2.05) is 54.7 Å². The number of aromatic amines is 1. The molecule has 2 aromatic carbocycles. The Kier molecular flexibility index (Phi) is 3.67. The summed E-state index contributed by atoms with van der Waals surface area (Å²) in [6.45, 7) is 0.490. The van der Waals surface area contributed by atoms with Crippen LogP contribution in [0.2, 0.25) is 5.02 Å². The van der Waals surface area contributed by atoms with Gasteiger partial charge in [0.25, 0.3) is 5.91 Å². The number of hydrogen-bond acceptors (Lipinski definition) is 1. The molecular formula is C17H15ClN2O. The van der Waals surface area contributed by atoms with Crippen LogP contribution in [0.5, 0.6) is 0 Å². The third kappa shape index (κ3) is 2.78. The van der Waals surface area contributed by atoms with E-state index >= 15 is 0 Å². The summed E-state index contributed by atoms with van der Waals surface area (Å²) in [5.41, 5.74) is 2.65. The number of aromatic nitrogens is 1. The summed E-state index contributed by atoms with van der Waals surface area (Å²) >= 11 is 6.14. The minimum Gasteiger partial charge on any atom is -0.361 e. The van der Waals surface area contributed by atoms with Crippen LogP contribution in [0.3, 0.4) is 0 Å². The van der Waals surface area contributed by atoms with Crippen LogP contribution < -0.4 is 0 Å². The third-order valence-corrected chi connectivity index (χ3v) is 3.88. The van der Waals surface area contributed by atoms with Gasteiger partial charge in [0.2, 0.25) is 0 Å². The zero-order valence-corrected chi connectivity index (χ0v) is 12.4. The Bertz CT molecular complexity index is 794. The van der Waals surface area contributed by atoms with Gasteiger partial charge in [-0.15, -0.1) is 0 Å². The molecule has 1 N–H and O–H groups in total. The molecule has 0 spiro atoms. The molecule has 0 aliphatic rings. The lowest BCUT2D eigenvalue weighted by atomic mass is 10.1. The maximum atomic E-state index is 12.5. The molecule has 106 valence electrons. The van der Waals surface area contributed by atoms with Gasteiger partial charge in [0, 0.05) is 41.3 Å². The standard InChI is InChI=1S/C17H15ClN2O/c1-20(11-14-4-2-3-5-15(14)18)17(21)13-6-7-16-12(10-13)8-9-19-16/h2-10,19H,11H2,1H3. The molecule has 1 heterocycles. The summed E-state index contributed by atoms with van der Waals surface area (Å²) in [5.74, 6) is -0.0157. The number of nitrogens with zero attached hydrogens (tertiary/aromatic N) is 1. The van der Waals surface area contributed by atoms with Crippen LogP contribution in [0.1, 0.15) is 15.9 Å². The van der Waals surface area contributed by atoms with E-state index in [0.717, 1.165) is 16.5 Å². The van der Waals surface area contributed by atoms with E-state index in [1.165, 1.54) is 0 Å². The monoisotopic (exact) mass is 298 g/mol. The van der Waals surface area contributed by atoms with Crippen molar-refractivity contribution in [1.82, 2.24) is 9.88 Å². The summed E-state index contributed by atoms with van der Waals surface area (Å²) < 4.78 is 0. The van der Waals surface area contributed by atoms with E-state index in [0.29, 0.717) is 17.1 Å². The fourth-order valence-corrected chi connectivity index (χ4v) is 2.56. The third-order valence-electron chi connectivity index (χ3n) is 3.51. The van der Waals surface area contributed by atoms with Gasteiger partial charge in [-0.25, -0.2) is 0 Å². The highest BCUT2D eigenvalue weighted by atomic mass is 35.5. The summed E-state index contributed by atoms with van der Waals surface area (Å²) in [5, 5.41) is 1.71. The van der Waals surface area contributed by atoms with Crippen molar-refractivity contribution in [3.8, 4) is 0 Å². The number of halogens is 1. The van der Waals surface area contributed by atoms with E-state index in [9.17, 15) is 4.79 Å².